The number of thiol groups is 1. The molecule has 0 radical (unpaired) electrons. The van der Waals surface area contributed by atoms with Crippen LogP contribution in [0.1, 0.15) is 32.1 Å². The SMILES string of the molecule is COC(=O)/C(C1=CCCCC1)=C(/S)NC(=O)CC1SCC(C(=O)OC)NC1=O. The molecular weight excluding hydrogens is 404 g/mol. The Kier molecular flexibility index (Phi) is 8.43. The van der Waals surface area contributed by atoms with E-state index < -0.39 is 35.0 Å². The van der Waals surface area contributed by atoms with Gasteiger partial charge in [0.05, 0.1) is 30.1 Å². The van der Waals surface area contributed by atoms with Crippen molar-refractivity contribution in [1.82, 2.24) is 10.6 Å². The molecule has 0 aromatic heterocycles. The molecule has 0 saturated carbocycles. The third-order valence-electron chi connectivity index (χ3n) is 4.43. The average molecular weight is 429 g/mol. The molecule has 0 spiro atoms. The minimum absolute atomic E-state index is 0.109. The topological polar surface area (TPSA) is 111 Å². The van der Waals surface area contributed by atoms with E-state index in [0.29, 0.717) is 12.2 Å². The number of methoxy groups -OCH3 is 2. The van der Waals surface area contributed by atoms with Crippen molar-refractivity contribution in [3.05, 3.63) is 22.3 Å². The molecule has 10 heteroatoms. The van der Waals surface area contributed by atoms with Crippen LogP contribution in [0.25, 0.3) is 0 Å². The van der Waals surface area contributed by atoms with Crippen LogP contribution < -0.4 is 10.6 Å². The van der Waals surface area contributed by atoms with Crippen LogP contribution in [0, 0.1) is 0 Å². The molecule has 0 bridgehead atoms. The standard InChI is InChI=1S/C18H24N2O6S2/c1-25-17(23)11-9-28-12(15(22)19-11)8-13(21)20-16(27)14(18(24)26-2)10-6-4-3-5-7-10/h6,11-12,27H,3-5,7-9H2,1-2H3,(H,19,22)(H,20,21)/b16-14+. The Labute approximate surface area is 173 Å². The number of carbonyl (C=O) groups is 4. The fourth-order valence-electron chi connectivity index (χ4n) is 2.98. The Bertz CT molecular complexity index is 719. The Hall–Kier alpha value is -1.94. The third kappa shape index (κ3) is 5.78. The lowest BCUT2D eigenvalue weighted by Crippen LogP contribution is -2.51. The van der Waals surface area contributed by atoms with Crippen molar-refractivity contribution < 1.29 is 28.7 Å². The van der Waals surface area contributed by atoms with Crippen molar-refractivity contribution in [2.75, 3.05) is 20.0 Å². The van der Waals surface area contributed by atoms with Crippen molar-refractivity contribution in [2.45, 2.75) is 43.4 Å². The Morgan fingerprint density at radius 2 is 2.04 bits per heavy atom. The quantitative estimate of drug-likeness (QED) is 0.330. The highest BCUT2D eigenvalue weighted by Gasteiger charge is 2.34. The lowest BCUT2D eigenvalue weighted by molar-refractivity contribution is -0.144. The predicted molar refractivity (Wildman–Crippen MR) is 108 cm³/mol. The molecule has 2 rings (SSSR count). The number of nitrogens with one attached hydrogen (secondary N) is 2. The molecule has 1 fully saturated rings. The molecule has 1 heterocycles. The number of esters is 2. The Morgan fingerprint density at radius 3 is 2.61 bits per heavy atom. The zero-order valence-electron chi connectivity index (χ0n) is 15.8. The van der Waals surface area contributed by atoms with E-state index >= 15 is 0 Å². The first kappa shape index (κ1) is 22.4. The maximum absolute atomic E-state index is 12.4. The molecule has 8 nitrogen and oxygen atoms in total. The maximum Gasteiger partial charge on any atom is 0.340 e. The van der Waals surface area contributed by atoms with Crippen LogP contribution in [0.3, 0.4) is 0 Å². The highest BCUT2D eigenvalue weighted by Crippen LogP contribution is 2.28. The fourth-order valence-corrected chi connectivity index (χ4v) is 4.47. The van der Waals surface area contributed by atoms with E-state index in [1.165, 1.54) is 26.0 Å². The van der Waals surface area contributed by atoms with E-state index in [-0.39, 0.29) is 17.0 Å². The highest BCUT2D eigenvalue weighted by atomic mass is 32.2. The van der Waals surface area contributed by atoms with Gasteiger partial charge in [0.1, 0.15) is 6.04 Å². The molecule has 2 amide bonds. The summed E-state index contributed by atoms with van der Waals surface area (Å²) in [6.45, 7) is 0. The first-order valence-electron chi connectivity index (χ1n) is 8.88. The number of hydrogen-bond donors (Lipinski definition) is 3. The molecule has 0 aromatic rings. The normalized spacial score (nSPS) is 23.0. The smallest absolute Gasteiger partial charge is 0.340 e. The second-order valence-electron chi connectivity index (χ2n) is 6.35. The van der Waals surface area contributed by atoms with Crippen LogP contribution in [0.5, 0.6) is 0 Å². The van der Waals surface area contributed by atoms with Crippen LogP contribution in [0.15, 0.2) is 22.3 Å². The fraction of sp³-hybridized carbons (Fsp3) is 0.556. The number of hydrogen-bond acceptors (Lipinski definition) is 8. The molecule has 1 saturated heterocycles. The zero-order chi connectivity index (χ0) is 20.7. The summed E-state index contributed by atoms with van der Waals surface area (Å²) in [5.74, 6) is -1.63. The number of amides is 2. The molecule has 2 atom stereocenters. The third-order valence-corrected chi connectivity index (χ3v) is 6.07. The van der Waals surface area contributed by atoms with E-state index in [1.54, 1.807) is 0 Å². The minimum Gasteiger partial charge on any atom is -0.467 e. The van der Waals surface area contributed by atoms with Gasteiger partial charge in [0.2, 0.25) is 11.8 Å². The van der Waals surface area contributed by atoms with Gasteiger partial charge in [-0.1, -0.05) is 6.08 Å². The summed E-state index contributed by atoms with van der Waals surface area (Å²) in [4.78, 5) is 48.2. The van der Waals surface area contributed by atoms with E-state index in [0.717, 1.165) is 24.8 Å². The second-order valence-corrected chi connectivity index (χ2v) is 8.03. The van der Waals surface area contributed by atoms with Crippen LogP contribution in [0.2, 0.25) is 0 Å². The van der Waals surface area contributed by atoms with Crippen molar-refractivity contribution in [3.63, 3.8) is 0 Å². The van der Waals surface area contributed by atoms with Crippen LogP contribution in [-0.4, -0.2) is 55.0 Å². The van der Waals surface area contributed by atoms with Gasteiger partial charge in [0.25, 0.3) is 0 Å². The van der Waals surface area contributed by atoms with Gasteiger partial charge in [-0.25, -0.2) is 9.59 Å². The van der Waals surface area contributed by atoms with E-state index in [9.17, 15) is 19.2 Å². The molecule has 1 aliphatic heterocycles. The molecule has 1 aliphatic carbocycles. The van der Waals surface area contributed by atoms with Gasteiger partial charge in [0, 0.05) is 12.2 Å². The van der Waals surface area contributed by atoms with Crippen LogP contribution in [-0.2, 0) is 28.7 Å². The molecule has 2 unspecified atom stereocenters. The van der Waals surface area contributed by atoms with Gasteiger partial charge in [-0.05, 0) is 31.3 Å². The summed E-state index contributed by atoms with van der Waals surface area (Å²) < 4.78 is 9.44. The minimum atomic E-state index is -0.716. The maximum atomic E-state index is 12.4. The van der Waals surface area contributed by atoms with Gasteiger partial charge in [-0.2, -0.15) is 0 Å². The molecule has 154 valence electrons. The lowest BCUT2D eigenvalue weighted by Gasteiger charge is -2.26. The molecule has 0 aromatic carbocycles. The van der Waals surface area contributed by atoms with Crippen molar-refractivity contribution >= 4 is 48.1 Å². The summed E-state index contributed by atoms with van der Waals surface area (Å²) in [5, 5.41) is 4.60. The Balaban J connectivity index is 2.03. The van der Waals surface area contributed by atoms with E-state index in [1.807, 2.05) is 6.08 Å². The summed E-state index contributed by atoms with van der Waals surface area (Å²) in [7, 11) is 2.52. The summed E-state index contributed by atoms with van der Waals surface area (Å²) >= 11 is 5.51. The van der Waals surface area contributed by atoms with Crippen molar-refractivity contribution in [3.8, 4) is 0 Å². The molecular formula is C18H24N2O6S2. The number of thioether (sulfide) groups is 1. The number of ether oxygens (including phenoxy) is 2. The average Bonchev–Trinajstić information content (AvgIpc) is 2.69. The van der Waals surface area contributed by atoms with Gasteiger partial charge in [0.15, 0.2) is 0 Å². The van der Waals surface area contributed by atoms with Crippen LogP contribution >= 0.6 is 24.4 Å². The number of carbonyl (C=O) groups excluding carboxylic acids is 4. The Morgan fingerprint density at radius 1 is 1.29 bits per heavy atom. The van der Waals surface area contributed by atoms with Gasteiger partial charge in [-0.15, -0.1) is 24.4 Å². The highest BCUT2D eigenvalue weighted by molar-refractivity contribution is 8.00. The van der Waals surface area contributed by atoms with Gasteiger partial charge in [-0.3, -0.25) is 9.59 Å². The monoisotopic (exact) mass is 428 g/mol. The predicted octanol–water partition coefficient (Wildman–Crippen LogP) is 1.08. The number of rotatable bonds is 6. The van der Waals surface area contributed by atoms with Crippen molar-refractivity contribution in [1.29, 1.82) is 0 Å². The summed E-state index contributed by atoms with van der Waals surface area (Å²) in [5.41, 5.74) is 1.04. The van der Waals surface area contributed by atoms with Crippen molar-refractivity contribution in [2.24, 2.45) is 0 Å². The van der Waals surface area contributed by atoms with E-state index in [2.05, 4.69) is 28.0 Å². The van der Waals surface area contributed by atoms with Crippen LogP contribution in [0.4, 0.5) is 0 Å². The van der Waals surface area contributed by atoms with Gasteiger partial charge < -0.3 is 20.1 Å². The lowest BCUT2D eigenvalue weighted by atomic mass is 9.94. The summed E-state index contributed by atoms with van der Waals surface area (Å²) in [6, 6.07) is -0.716. The first-order chi connectivity index (χ1) is 13.4. The zero-order valence-corrected chi connectivity index (χ0v) is 17.5. The summed E-state index contributed by atoms with van der Waals surface area (Å²) in [6.07, 6.45) is 5.40. The molecule has 2 N–H and O–H groups in total. The number of allylic oxidation sites excluding steroid dienone is 1. The van der Waals surface area contributed by atoms with Gasteiger partial charge >= 0.3 is 11.9 Å². The van der Waals surface area contributed by atoms with E-state index in [4.69, 9.17) is 4.74 Å². The first-order valence-corrected chi connectivity index (χ1v) is 10.4. The molecule has 2 aliphatic rings. The second kappa shape index (κ2) is 10.6. The molecule has 28 heavy (non-hydrogen) atoms. The largest absolute Gasteiger partial charge is 0.467 e.